The molecule has 1 N–H and O–H groups in total. The predicted octanol–water partition coefficient (Wildman–Crippen LogP) is 5.12. The van der Waals surface area contributed by atoms with Crippen molar-refractivity contribution in [3.63, 3.8) is 0 Å². The summed E-state index contributed by atoms with van der Waals surface area (Å²) in [7, 11) is 1.61. The van der Waals surface area contributed by atoms with Crippen LogP contribution in [0.15, 0.2) is 88.9 Å². The van der Waals surface area contributed by atoms with Crippen molar-refractivity contribution < 1.29 is 19.4 Å². The number of hydrogen-bond donors (Lipinski definition) is 1. The summed E-state index contributed by atoms with van der Waals surface area (Å²) < 4.78 is 6.05. The minimum Gasteiger partial charge on any atom is -0.507 e. The Morgan fingerprint density at radius 1 is 0.969 bits per heavy atom. The first-order valence-electron chi connectivity index (χ1n) is 10.2. The highest BCUT2D eigenvalue weighted by atomic mass is 79.9. The van der Waals surface area contributed by atoms with Crippen LogP contribution in [-0.4, -0.2) is 35.4 Å². The van der Waals surface area contributed by atoms with Crippen LogP contribution >= 0.6 is 15.9 Å². The highest BCUT2D eigenvalue weighted by molar-refractivity contribution is 9.10. The van der Waals surface area contributed by atoms with E-state index in [4.69, 9.17) is 4.74 Å². The third-order valence-electron chi connectivity index (χ3n) is 5.57. The molecule has 6 heteroatoms. The lowest BCUT2D eigenvalue weighted by molar-refractivity contribution is -0.139. The van der Waals surface area contributed by atoms with E-state index in [1.165, 1.54) is 0 Å². The molecule has 1 aliphatic rings. The summed E-state index contributed by atoms with van der Waals surface area (Å²) in [6.07, 6.45) is 0.568. The molecule has 0 aliphatic carbocycles. The minimum atomic E-state index is -0.672. The van der Waals surface area contributed by atoms with Gasteiger partial charge in [0.2, 0.25) is 0 Å². The smallest absolute Gasteiger partial charge is 0.295 e. The lowest BCUT2D eigenvalue weighted by Gasteiger charge is -2.25. The van der Waals surface area contributed by atoms with Gasteiger partial charge in [0.25, 0.3) is 11.7 Å². The zero-order valence-corrected chi connectivity index (χ0v) is 19.1. The first-order chi connectivity index (χ1) is 15.5. The maximum absolute atomic E-state index is 13.0. The first-order valence-corrected chi connectivity index (χ1v) is 11.0. The number of nitrogens with zero attached hydrogens (tertiary/aromatic N) is 1. The Morgan fingerprint density at radius 3 is 2.25 bits per heavy atom. The predicted molar refractivity (Wildman–Crippen MR) is 126 cm³/mol. The van der Waals surface area contributed by atoms with Crippen LogP contribution in [0.5, 0.6) is 5.75 Å². The molecule has 162 valence electrons. The Bertz CT molecular complexity index is 1150. The number of methoxy groups -OCH3 is 1. The second kappa shape index (κ2) is 9.40. The lowest BCUT2D eigenvalue weighted by Crippen LogP contribution is -2.31. The summed E-state index contributed by atoms with van der Waals surface area (Å²) in [5, 5.41) is 11.0. The van der Waals surface area contributed by atoms with Crippen molar-refractivity contribution in [1.82, 2.24) is 4.90 Å². The number of likely N-dealkylation sites (tertiary alicyclic amines) is 1. The third kappa shape index (κ3) is 4.32. The van der Waals surface area contributed by atoms with E-state index in [1.54, 1.807) is 36.3 Å². The number of ketones is 1. The maximum Gasteiger partial charge on any atom is 0.295 e. The van der Waals surface area contributed by atoms with Crippen molar-refractivity contribution in [3.05, 3.63) is 106 Å². The van der Waals surface area contributed by atoms with Crippen LogP contribution in [0, 0.1) is 0 Å². The summed E-state index contributed by atoms with van der Waals surface area (Å²) >= 11 is 3.37. The zero-order valence-electron chi connectivity index (χ0n) is 17.5. The number of halogens is 1. The van der Waals surface area contributed by atoms with Crippen LogP contribution in [0.2, 0.25) is 0 Å². The molecule has 3 aromatic carbocycles. The molecular formula is C26H22BrNO4. The molecule has 5 nitrogen and oxygen atoms in total. The minimum absolute atomic E-state index is 0.109. The van der Waals surface area contributed by atoms with Gasteiger partial charge in [-0.05, 0) is 41.8 Å². The van der Waals surface area contributed by atoms with E-state index in [9.17, 15) is 14.7 Å². The number of carbonyl (C=O) groups is 2. The Hall–Kier alpha value is -3.38. The molecule has 0 bridgehead atoms. The fraction of sp³-hybridized carbons (Fsp3) is 0.154. The van der Waals surface area contributed by atoms with Gasteiger partial charge in [-0.25, -0.2) is 0 Å². The molecule has 32 heavy (non-hydrogen) atoms. The van der Waals surface area contributed by atoms with Gasteiger partial charge in [-0.1, -0.05) is 70.5 Å². The van der Waals surface area contributed by atoms with E-state index in [0.717, 1.165) is 21.3 Å². The molecule has 3 aromatic rings. The van der Waals surface area contributed by atoms with E-state index in [1.807, 2.05) is 54.6 Å². The normalized spacial score (nSPS) is 17.6. The van der Waals surface area contributed by atoms with E-state index in [2.05, 4.69) is 15.9 Å². The van der Waals surface area contributed by atoms with Crippen molar-refractivity contribution in [2.75, 3.05) is 13.7 Å². The number of hydrogen-bond acceptors (Lipinski definition) is 4. The average Bonchev–Trinajstić information content (AvgIpc) is 3.08. The van der Waals surface area contributed by atoms with Crippen molar-refractivity contribution in [2.24, 2.45) is 0 Å². The van der Waals surface area contributed by atoms with E-state index in [-0.39, 0.29) is 11.3 Å². The summed E-state index contributed by atoms with van der Waals surface area (Å²) in [5.41, 5.74) is 2.40. The monoisotopic (exact) mass is 491 g/mol. The number of ether oxygens (including phenoxy) is 1. The molecular weight excluding hydrogens is 470 g/mol. The van der Waals surface area contributed by atoms with Gasteiger partial charge in [-0.15, -0.1) is 0 Å². The standard InChI is InChI=1S/C26H22BrNO4/c1-32-21-13-7-17(8-14-21)15-16-28-23(18-5-3-2-4-6-18)22(25(30)26(28)31)24(29)19-9-11-20(27)12-10-19/h2-14,23,29H,15-16H2,1H3/b24-22-. The fourth-order valence-electron chi connectivity index (χ4n) is 3.90. The first kappa shape index (κ1) is 21.8. The van der Waals surface area contributed by atoms with Gasteiger partial charge in [-0.3, -0.25) is 9.59 Å². The number of amides is 1. The number of Topliss-reactive ketones (excluding diaryl/α,β-unsaturated/α-hetero) is 1. The van der Waals surface area contributed by atoms with Crippen molar-refractivity contribution >= 4 is 33.4 Å². The quantitative estimate of drug-likeness (QED) is 0.295. The highest BCUT2D eigenvalue weighted by Gasteiger charge is 2.45. The largest absolute Gasteiger partial charge is 0.507 e. The Labute approximate surface area is 195 Å². The molecule has 1 aliphatic heterocycles. The Kier molecular flexibility index (Phi) is 6.42. The number of carbonyl (C=O) groups excluding carboxylic acids is 2. The summed E-state index contributed by atoms with van der Waals surface area (Å²) in [6.45, 7) is 0.341. The second-order valence-corrected chi connectivity index (χ2v) is 8.42. The third-order valence-corrected chi connectivity index (χ3v) is 6.10. The van der Waals surface area contributed by atoms with E-state index < -0.39 is 17.7 Å². The molecule has 0 aromatic heterocycles. The number of rotatable bonds is 6. The van der Waals surface area contributed by atoms with Gasteiger partial charge in [0.1, 0.15) is 11.5 Å². The van der Waals surface area contributed by atoms with Crippen molar-refractivity contribution in [1.29, 1.82) is 0 Å². The van der Waals surface area contributed by atoms with Gasteiger partial charge in [-0.2, -0.15) is 0 Å². The van der Waals surface area contributed by atoms with Gasteiger partial charge < -0.3 is 14.7 Å². The van der Waals surface area contributed by atoms with Crippen LogP contribution in [0.1, 0.15) is 22.7 Å². The maximum atomic E-state index is 13.0. The van der Waals surface area contributed by atoms with Gasteiger partial charge in [0, 0.05) is 16.6 Å². The zero-order chi connectivity index (χ0) is 22.7. The molecule has 1 atom stereocenters. The molecule has 4 rings (SSSR count). The molecule has 0 spiro atoms. The van der Waals surface area contributed by atoms with Gasteiger partial charge in [0.05, 0.1) is 18.7 Å². The summed E-state index contributed by atoms with van der Waals surface area (Å²) in [5.74, 6) is -0.690. The molecule has 0 saturated carbocycles. The second-order valence-electron chi connectivity index (χ2n) is 7.51. The summed E-state index contributed by atoms with van der Waals surface area (Å²) in [6, 6.07) is 23.3. The van der Waals surface area contributed by atoms with Gasteiger partial charge >= 0.3 is 0 Å². The topological polar surface area (TPSA) is 66.8 Å². The molecule has 1 saturated heterocycles. The average molecular weight is 492 g/mol. The van der Waals surface area contributed by atoms with Crippen LogP contribution in [0.3, 0.4) is 0 Å². The van der Waals surface area contributed by atoms with Gasteiger partial charge in [0.15, 0.2) is 0 Å². The highest BCUT2D eigenvalue weighted by Crippen LogP contribution is 2.39. The Morgan fingerprint density at radius 2 is 1.62 bits per heavy atom. The van der Waals surface area contributed by atoms with Crippen LogP contribution in [0.4, 0.5) is 0 Å². The molecule has 1 unspecified atom stereocenters. The molecule has 1 heterocycles. The van der Waals surface area contributed by atoms with E-state index >= 15 is 0 Å². The van der Waals surface area contributed by atoms with Crippen LogP contribution in [0.25, 0.3) is 5.76 Å². The fourth-order valence-corrected chi connectivity index (χ4v) is 4.16. The SMILES string of the molecule is COc1ccc(CCN2C(=O)C(=O)/C(=C(\O)c3ccc(Br)cc3)C2c2ccccc2)cc1. The molecule has 1 amide bonds. The number of aliphatic hydroxyl groups is 1. The van der Waals surface area contributed by atoms with Crippen molar-refractivity contribution in [3.8, 4) is 5.75 Å². The molecule has 1 fully saturated rings. The van der Waals surface area contributed by atoms with Crippen LogP contribution in [-0.2, 0) is 16.0 Å². The number of aliphatic hydroxyl groups excluding tert-OH is 1. The van der Waals surface area contributed by atoms with Crippen molar-refractivity contribution in [2.45, 2.75) is 12.5 Å². The lowest BCUT2D eigenvalue weighted by atomic mass is 9.95. The Balaban J connectivity index is 1.72. The number of benzene rings is 3. The van der Waals surface area contributed by atoms with Crippen LogP contribution < -0.4 is 4.74 Å². The molecule has 0 radical (unpaired) electrons. The summed E-state index contributed by atoms with van der Waals surface area (Å²) in [4.78, 5) is 27.6. The van der Waals surface area contributed by atoms with E-state index in [0.29, 0.717) is 18.5 Å².